The van der Waals surface area contributed by atoms with Crippen LogP contribution < -0.4 is 5.32 Å². The van der Waals surface area contributed by atoms with Gasteiger partial charge in [-0.15, -0.1) is 0 Å². The van der Waals surface area contributed by atoms with Crippen molar-refractivity contribution in [2.75, 3.05) is 38.7 Å². The van der Waals surface area contributed by atoms with Gasteiger partial charge in [0, 0.05) is 51.6 Å². The molecule has 1 amide bonds. The summed E-state index contributed by atoms with van der Waals surface area (Å²) < 4.78 is 53.9. The molecule has 2 aliphatic rings. The number of nitrogens with zero attached hydrogens (tertiary/aromatic N) is 4. The zero-order valence-electron chi connectivity index (χ0n) is 24.4. The standard InChI is InChI=1S/C32H34F3N5O3/c1-20-24(5-4-6-26(20)32(33,34)35)21(2)37-29-25-17-23(7-8-27(25)40-19-36-18-28(40)38-29)22-9-13-39(14-10-22)30(41)31(42-3)11-15-43-16-12-31/h4-9,17-19,21H,10-16H2,1-3H3,(H,37,38). The fourth-order valence-corrected chi connectivity index (χ4v) is 6.30. The molecule has 2 aliphatic heterocycles. The molecule has 8 nitrogen and oxygen atoms in total. The lowest BCUT2D eigenvalue weighted by Gasteiger charge is -2.39. The largest absolute Gasteiger partial charge is 0.416 e. The van der Waals surface area contributed by atoms with Gasteiger partial charge in [0.05, 0.1) is 23.3 Å². The number of carbonyl (C=O) groups excluding carboxylic acids is 1. The van der Waals surface area contributed by atoms with Crippen molar-refractivity contribution in [3.63, 3.8) is 0 Å². The summed E-state index contributed by atoms with van der Waals surface area (Å²) in [6.07, 6.45) is 2.76. The number of alkyl halides is 3. The number of benzene rings is 2. The van der Waals surface area contributed by atoms with E-state index in [0.717, 1.165) is 28.1 Å². The molecule has 0 bridgehead atoms. The van der Waals surface area contributed by atoms with E-state index in [1.54, 1.807) is 25.7 Å². The molecule has 4 heterocycles. The van der Waals surface area contributed by atoms with Crippen LogP contribution in [-0.2, 0) is 20.4 Å². The SMILES string of the molecule is COC1(C(=O)N2CC=C(c3ccc4c(c3)c(NC(C)c3cccc(C(F)(F)F)c3C)nc3cncn34)CC2)CCOCC1. The van der Waals surface area contributed by atoms with Crippen molar-refractivity contribution in [1.82, 2.24) is 19.3 Å². The highest BCUT2D eigenvalue weighted by Gasteiger charge is 2.43. The predicted octanol–water partition coefficient (Wildman–Crippen LogP) is 6.19. The summed E-state index contributed by atoms with van der Waals surface area (Å²) in [6.45, 7) is 5.40. The molecular weight excluding hydrogens is 559 g/mol. The number of carbonyl (C=O) groups is 1. The minimum Gasteiger partial charge on any atom is -0.381 e. The Morgan fingerprint density at radius 3 is 2.67 bits per heavy atom. The van der Waals surface area contributed by atoms with E-state index >= 15 is 0 Å². The van der Waals surface area contributed by atoms with Crippen molar-refractivity contribution in [3.8, 4) is 0 Å². The molecule has 0 radical (unpaired) electrons. The van der Waals surface area contributed by atoms with E-state index in [-0.39, 0.29) is 11.5 Å². The fraction of sp³-hybridized carbons (Fsp3) is 0.406. The molecule has 0 saturated carbocycles. The first-order valence-electron chi connectivity index (χ1n) is 14.4. The third-order valence-electron chi connectivity index (χ3n) is 8.81. The first-order valence-corrected chi connectivity index (χ1v) is 14.4. The number of amides is 1. The van der Waals surface area contributed by atoms with Gasteiger partial charge < -0.3 is 19.7 Å². The first-order chi connectivity index (χ1) is 20.6. The topological polar surface area (TPSA) is 81.0 Å². The van der Waals surface area contributed by atoms with Crippen LogP contribution in [0.15, 0.2) is 55.0 Å². The van der Waals surface area contributed by atoms with E-state index in [1.807, 2.05) is 34.4 Å². The van der Waals surface area contributed by atoms with Gasteiger partial charge in [0.15, 0.2) is 11.2 Å². The first kappa shape index (κ1) is 29.1. The van der Waals surface area contributed by atoms with E-state index in [4.69, 9.17) is 14.5 Å². The van der Waals surface area contributed by atoms with Gasteiger partial charge in [-0.2, -0.15) is 13.2 Å². The minimum absolute atomic E-state index is 0.00386. The number of nitrogens with one attached hydrogen (secondary N) is 1. The zero-order valence-corrected chi connectivity index (χ0v) is 24.4. The molecule has 1 saturated heterocycles. The Bertz CT molecular complexity index is 1710. The number of hydrogen-bond donors (Lipinski definition) is 1. The van der Waals surface area contributed by atoms with Gasteiger partial charge in [0.1, 0.15) is 12.1 Å². The summed E-state index contributed by atoms with van der Waals surface area (Å²) in [5, 5.41) is 4.20. The quantitative estimate of drug-likeness (QED) is 0.287. The molecular formula is C32H34F3N5O3. The van der Waals surface area contributed by atoms with E-state index in [0.29, 0.717) is 62.6 Å². The summed E-state index contributed by atoms with van der Waals surface area (Å²) in [7, 11) is 1.59. The highest BCUT2D eigenvalue weighted by Crippen LogP contribution is 2.37. The van der Waals surface area contributed by atoms with Gasteiger partial charge in [0.2, 0.25) is 0 Å². The molecule has 1 atom stereocenters. The van der Waals surface area contributed by atoms with Crippen LogP contribution in [0.3, 0.4) is 0 Å². The molecule has 6 rings (SSSR count). The van der Waals surface area contributed by atoms with Crippen LogP contribution in [-0.4, -0.2) is 64.2 Å². The summed E-state index contributed by atoms with van der Waals surface area (Å²) in [5.41, 5.74) is 2.87. The Kier molecular flexibility index (Phi) is 7.64. The maximum Gasteiger partial charge on any atom is 0.416 e. The minimum atomic E-state index is -4.43. The van der Waals surface area contributed by atoms with E-state index in [9.17, 15) is 18.0 Å². The average Bonchev–Trinajstić information content (AvgIpc) is 3.49. The number of anilines is 1. The number of hydrogen-bond acceptors (Lipinski definition) is 6. The second-order valence-electron chi connectivity index (χ2n) is 11.2. The molecule has 226 valence electrons. The Balaban J connectivity index is 1.31. The van der Waals surface area contributed by atoms with Crippen molar-refractivity contribution in [3.05, 3.63) is 77.3 Å². The Morgan fingerprint density at radius 2 is 1.98 bits per heavy atom. The van der Waals surface area contributed by atoms with E-state index < -0.39 is 23.4 Å². The van der Waals surface area contributed by atoms with Crippen LogP contribution in [0.1, 0.15) is 54.5 Å². The maximum atomic E-state index is 13.6. The zero-order chi connectivity index (χ0) is 30.4. The Labute approximate surface area is 247 Å². The van der Waals surface area contributed by atoms with Gasteiger partial charge in [-0.25, -0.2) is 9.97 Å². The third kappa shape index (κ3) is 5.36. The van der Waals surface area contributed by atoms with Crippen LogP contribution in [0.4, 0.5) is 19.0 Å². The highest BCUT2D eigenvalue weighted by atomic mass is 19.4. The van der Waals surface area contributed by atoms with Gasteiger partial charge in [-0.05, 0) is 60.7 Å². The number of halogens is 3. The van der Waals surface area contributed by atoms with Crippen LogP contribution in [0.2, 0.25) is 0 Å². The molecule has 0 spiro atoms. The number of methoxy groups -OCH3 is 1. The molecule has 2 aromatic heterocycles. The molecule has 1 fully saturated rings. The van der Waals surface area contributed by atoms with Gasteiger partial charge in [-0.1, -0.05) is 24.3 Å². The lowest BCUT2D eigenvalue weighted by Crippen LogP contribution is -2.54. The highest BCUT2D eigenvalue weighted by molar-refractivity contribution is 5.94. The molecule has 4 aromatic rings. The predicted molar refractivity (Wildman–Crippen MR) is 158 cm³/mol. The monoisotopic (exact) mass is 593 g/mol. The lowest BCUT2D eigenvalue weighted by molar-refractivity contribution is -0.165. The van der Waals surface area contributed by atoms with Crippen LogP contribution >= 0.6 is 0 Å². The molecule has 11 heteroatoms. The molecule has 0 aliphatic carbocycles. The van der Waals surface area contributed by atoms with Crippen LogP contribution in [0.5, 0.6) is 0 Å². The van der Waals surface area contributed by atoms with Crippen LogP contribution in [0.25, 0.3) is 22.1 Å². The van der Waals surface area contributed by atoms with Crippen molar-refractivity contribution in [2.24, 2.45) is 0 Å². The summed E-state index contributed by atoms with van der Waals surface area (Å²) >= 11 is 0. The Hall–Kier alpha value is -3.96. The second-order valence-corrected chi connectivity index (χ2v) is 11.2. The second kappa shape index (κ2) is 11.3. The number of aromatic nitrogens is 3. The van der Waals surface area contributed by atoms with Crippen LogP contribution in [0, 0.1) is 6.92 Å². The van der Waals surface area contributed by atoms with Crippen molar-refractivity contribution in [1.29, 1.82) is 0 Å². The van der Waals surface area contributed by atoms with E-state index in [2.05, 4.69) is 16.4 Å². The van der Waals surface area contributed by atoms with Gasteiger partial charge >= 0.3 is 6.18 Å². The molecule has 43 heavy (non-hydrogen) atoms. The number of fused-ring (bicyclic) bond motifs is 3. The molecule has 2 aromatic carbocycles. The number of ether oxygens (including phenoxy) is 2. The Morgan fingerprint density at radius 1 is 1.19 bits per heavy atom. The fourth-order valence-electron chi connectivity index (χ4n) is 6.30. The summed E-state index contributed by atoms with van der Waals surface area (Å²) in [5.74, 6) is 0.563. The van der Waals surface area contributed by atoms with Crippen molar-refractivity contribution >= 4 is 33.8 Å². The lowest BCUT2D eigenvalue weighted by atomic mass is 9.91. The molecule has 1 unspecified atom stereocenters. The molecule has 1 N–H and O–H groups in total. The third-order valence-corrected chi connectivity index (χ3v) is 8.81. The van der Waals surface area contributed by atoms with E-state index in [1.165, 1.54) is 13.0 Å². The number of rotatable bonds is 6. The van der Waals surface area contributed by atoms with Gasteiger partial charge in [-0.3, -0.25) is 9.20 Å². The number of imidazole rings is 1. The summed E-state index contributed by atoms with van der Waals surface area (Å²) in [6, 6.07) is 9.91. The van der Waals surface area contributed by atoms with Crippen molar-refractivity contribution in [2.45, 2.75) is 50.9 Å². The summed E-state index contributed by atoms with van der Waals surface area (Å²) in [4.78, 5) is 24.3. The van der Waals surface area contributed by atoms with Crippen molar-refractivity contribution < 1.29 is 27.4 Å². The van der Waals surface area contributed by atoms with Gasteiger partial charge in [0.25, 0.3) is 5.91 Å². The average molecular weight is 594 g/mol. The smallest absolute Gasteiger partial charge is 0.381 e. The maximum absolute atomic E-state index is 13.6. The normalized spacial score (nSPS) is 18.1.